The molecular formula is C18H26N6O3. The van der Waals surface area contributed by atoms with E-state index >= 15 is 0 Å². The second kappa shape index (κ2) is 6.63. The fourth-order valence-corrected chi connectivity index (χ4v) is 4.51. The van der Waals surface area contributed by atoms with Crippen LogP contribution in [0.15, 0.2) is 15.9 Å². The zero-order valence-electron chi connectivity index (χ0n) is 16.0. The predicted molar refractivity (Wildman–Crippen MR) is 101 cm³/mol. The molecule has 1 amide bonds. The van der Waals surface area contributed by atoms with Gasteiger partial charge in [0.1, 0.15) is 0 Å². The van der Waals surface area contributed by atoms with Crippen LogP contribution in [-0.4, -0.2) is 54.7 Å². The smallest absolute Gasteiger partial charge is 0.332 e. The first-order valence-electron chi connectivity index (χ1n) is 9.49. The van der Waals surface area contributed by atoms with Crippen molar-refractivity contribution in [1.29, 1.82) is 0 Å². The molecule has 9 heteroatoms. The number of carbonyl (C=O) groups excluding carboxylic acids is 1. The average Bonchev–Trinajstić information content (AvgIpc) is 3.24. The molecule has 0 radical (unpaired) electrons. The van der Waals surface area contributed by atoms with E-state index in [0.717, 1.165) is 17.4 Å². The van der Waals surface area contributed by atoms with Crippen LogP contribution >= 0.6 is 0 Å². The topological polar surface area (TPSA) is 94.2 Å². The molecule has 2 atom stereocenters. The van der Waals surface area contributed by atoms with Gasteiger partial charge >= 0.3 is 5.69 Å². The number of aryl methyl sites for hydroxylation is 2. The number of fused-ring (bicyclic) bond motifs is 3. The molecule has 2 aromatic heterocycles. The van der Waals surface area contributed by atoms with Crippen LogP contribution in [-0.2, 0) is 25.4 Å². The van der Waals surface area contributed by atoms with Crippen LogP contribution < -0.4 is 16.6 Å². The van der Waals surface area contributed by atoms with Crippen molar-refractivity contribution in [1.82, 2.24) is 28.9 Å². The van der Waals surface area contributed by atoms with E-state index in [1.807, 2.05) is 11.9 Å². The van der Waals surface area contributed by atoms with Gasteiger partial charge in [-0.05, 0) is 25.7 Å². The van der Waals surface area contributed by atoms with Gasteiger partial charge in [-0.25, -0.2) is 9.78 Å². The van der Waals surface area contributed by atoms with Crippen molar-refractivity contribution >= 4 is 17.1 Å². The normalized spacial score (nSPS) is 24.5. The third kappa shape index (κ3) is 2.99. The van der Waals surface area contributed by atoms with Crippen LogP contribution in [0.25, 0.3) is 11.2 Å². The highest BCUT2D eigenvalue weighted by Gasteiger charge is 2.36. The first-order valence-corrected chi connectivity index (χ1v) is 9.49. The summed E-state index contributed by atoms with van der Waals surface area (Å²) < 4.78 is 4.10. The highest BCUT2D eigenvalue weighted by molar-refractivity contribution is 5.76. The number of nitrogens with one attached hydrogen (secondary N) is 1. The molecule has 2 unspecified atom stereocenters. The lowest BCUT2D eigenvalue weighted by Gasteiger charge is -2.35. The highest BCUT2D eigenvalue weighted by atomic mass is 16.2. The molecule has 2 fully saturated rings. The van der Waals surface area contributed by atoms with Crippen LogP contribution in [0.5, 0.6) is 0 Å². The van der Waals surface area contributed by atoms with E-state index in [4.69, 9.17) is 0 Å². The molecule has 0 aliphatic carbocycles. The molecule has 4 heterocycles. The molecule has 2 bridgehead atoms. The summed E-state index contributed by atoms with van der Waals surface area (Å²) in [6.45, 7) is 0.366. The van der Waals surface area contributed by atoms with Gasteiger partial charge in [0, 0.05) is 52.2 Å². The molecule has 146 valence electrons. The number of carbonyl (C=O) groups is 1. The van der Waals surface area contributed by atoms with E-state index in [0.29, 0.717) is 36.2 Å². The minimum atomic E-state index is -0.408. The van der Waals surface area contributed by atoms with E-state index in [9.17, 15) is 14.4 Å². The minimum Gasteiger partial charge on any atom is -0.343 e. The summed E-state index contributed by atoms with van der Waals surface area (Å²) in [5, 5.41) is 3.59. The van der Waals surface area contributed by atoms with Gasteiger partial charge < -0.3 is 14.8 Å². The maximum atomic E-state index is 12.7. The van der Waals surface area contributed by atoms with Gasteiger partial charge in [-0.2, -0.15) is 0 Å². The molecule has 2 aliphatic rings. The fraction of sp³-hybridized carbons (Fsp3) is 0.667. The Labute approximate surface area is 156 Å². The van der Waals surface area contributed by atoms with Crippen molar-refractivity contribution < 1.29 is 4.79 Å². The van der Waals surface area contributed by atoms with Crippen LogP contribution in [0.4, 0.5) is 0 Å². The van der Waals surface area contributed by atoms with Crippen molar-refractivity contribution in [3.63, 3.8) is 0 Å². The molecular weight excluding hydrogens is 348 g/mol. The molecule has 2 saturated heterocycles. The first kappa shape index (κ1) is 18.0. The minimum absolute atomic E-state index is 0.0739. The van der Waals surface area contributed by atoms with Gasteiger partial charge in [-0.3, -0.25) is 18.7 Å². The van der Waals surface area contributed by atoms with E-state index in [2.05, 4.69) is 10.3 Å². The summed E-state index contributed by atoms with van der Waals surface area (Å²) in [5.74, 6) is 0.0739. The number of amides is 1. The maximum Gasteiger partial charge on any atom is 0.332 e. The van der Waals surface area contributed by atoms with Gasteiger partial charge in [-0.1, -0.05) is 0 Å². The van der Waals surface area contributed by atoms with Crippen LogP contribution in [0, 0.1) is 0 Å². The molecule has 2 aliphatic heterocycles. The number of rotatable bonds is 4. The van der Waals surface area contributed by atoms with Crippen molar-refractivity contribution in [3.8, 4) is 0 Å². The van der Waals surface area contributed by atoms with Crippen molar-refractivity contribution in [2.75, 3.05) is 7.05 Å². The van der Waals surface area contributed by atoms with Gasteiger partial charge in [0.25, 0.3) is 5.56 Å². The predicted octanol–water partition coefficient (Wildman–Crippen LogP) is -0.435. The third-order valence-corrected chi connectivity index (χ3v) is 6.17. The first-order chi connectivity index (χ1) is 12.9. The summed E-state index contributed by atoms with van der Waals surface area (Å²) in [6, 6.07) is 1.35. The largest absolute Gasteiger partial charge is 0.343 e. The highest BCUT2D eigenvalue weighted by Crippen LogP contribution is 2.29. The van der Waals surface area contributed by atoms with Gasteiger partial charge in [0.2, 0.25) is 5.91 Å². The third-order valence-electron chi connectivity index (χ3n) is 6.17. The van der Waals surface area contributed by atoms with Crippen molar-refractivity contribution in [2.24, 2.45) is 14.1 Å². The Kier molecular flexibility index (Phi) is 4.41. The summed E-state index contributed by atoms with van der Waals surface area (Å²) in [6.07, 6.45) is 6.25. The van der Waals surface area contributed by atoms with Crippen LogP contribution in [0.3, 0.4) is 0 Å². The lowest BCUT2D eigenvalue weighted by Crippen LogP contribution is -2.48. The molecule has 2 aromatic rings. The van der Waals surface area contributed by atoms with E-state index in [-0.39, 0.29) is 17.5 Å². The lowest BCUT2D eigenvalue weighted by molar-refractivity contribution is -0.132. The van der Waals surface area contributed by atoms with E-state index < -0.39 is 5.69 Å². The summed E-state index contributed by atoms with van der Waals surface area (Å²) in [4.78, 5) is 43.3. The number of nitrogens with zero attached hydrogens (tertiary/aromatic N) is 5. The Balaban J connectivity index is 1.49. The zero-order valence-corrected chi connectivity index (χ0v) is 16.0. The summed E-state index contributed by atoms with van der Waals surface area (Å²) in [5.41, 5.74) is -0.0933. The molecule has 0 saturated carbocycles. The quantitative estimate of drug-likeness (QED) is 0.783. The van der Waals surface area contributed by atoms with Gasteiger partial charge in [0.15, 0.2) is 11.2 Å². The van der Waals surface area contributed by atoms with Gasteiger partial charge in [0.05, 0.1) is 6.33 Å². The number of imidazole rings is 1. The Morgan fingerprint density at radius 1 is 1.22 bits per heavy atom. The Hall–Kier alpha value is -2.42. The zero-order chi connectivity index (χ0) is 19.3. The molecule has 27 heavy (non-hydrogen) atoms. The standard InChI is InChI=1S/C18H26N6O3/c1-21(13-8-11-4-5-12(9-13)20-11)14(25)6-7-24-10-19-16-15(24)17(26)23(3)18(27)22(16)2/h10-13,20H,4-9H2,1-3H3. The van der Waals surface area contributed by atoms with E-state index in [1.165, 1.54) is 30.8 Å². The number of aromatic nitrogens is 4. The molecule has 1 N–H and O–H groups in total. The van der Waals surface area contributed by atoms with Crippen molar-refractivity contribution in [2.45, 2.75) is 56.8 Å². The Morgan fingerprint density at radius 2 is 1.89 bits per heavy atom. The number of piperidine rings is 1. The maximum absolute atomic E-state index is 12.7. The fourth-order valence-electron chi connectivity index (χ4n) is 4.51. The van der Waals surface area contributed by atoms with E-state index in [1.54, 1.807) is 11.6 Å². The van der Waals surface area contributed by atoms with Crippen molar-refractivity contribution in [3.05, 3.63) is 27.2 Å². The SMILES string of the molecule is CN(C(=O)CCn1cnc2c1c(=O)n(C)c(=O)n2C)C1CC2CCC(C1)N2. The van der Waals surface area contributed by atoms with Gasteiger partial charge in [-0.15, -0.1) is 0 Å². The second-order valence-electron chi connectivity index (χ2n) is 7.83. The van der Waals surface area contributed by atoms with Crippen LogP contribution in [0.2, 0.25) is 0 Å². The van der Waals surface area contributed by atoms with Crippen LogP contribution in [0.1, 0.15) is 32.1 Å². The summed E-state index contributed by atoms with van der Waals surface area (Å²) in [7, 11) is 4.92. The number of hydrogen-bond donors (Lipinski definition) is 1. The Morgan fingerprint density at radius 3 is 2.56 bits per heavy atom. The Bertz CT molecular complexity index is 991. The molecule has 4 rings (SSSR count). The second-order valence-corrected chi connectivity index (χ2v) is 7.83. The monoisotopic (exact) mass is 374 g/mol. The number of hydrogen-bond acceptors (Lipinski definition) is 5. The molecule has 0 aromatic carbocycles. The molecule has 9 nitrogen and oxygen atoms in total. The molecule has 0 spiro atoms. The summed E-state index contributed by atoms with van der Waals surface area (Å²) >= 11 is 0. The lowest BCUT2D eigenvalue weighted by atomic mass is 9.98. The average molecular weight is 374 g/mol.